The van der Waals surface area contributed by atoms with Crippen LogP contribution < -0.4 is 0 Å². The van der Waals surface area contributed by atoms with Crippen molar-refractivity contribution in [1.82, 2.24) is 24.5 Å². The topological polar surface area (TPSA) is 93.2 Å². The number of aryl methyl sites for hydroxylation is 2. The van der Waals surface area contributed by atoms with Crippen LogP contribution >= 0.6 is 0 Å². The van der Waals surface area contributed by atoms with Crippen molar-refractivity contribution in [3.63, 3.8) is 0 Å². The number of nitrogens with zero attached hydrogens (tertiary/aromatic N) is 5. The first-order valence-electron chi connectivity index (χ1n) is 8.03. The van der Waals surface area contributed by atoms with E-state index in [9.17, 15) is 14.7 Å². The molecule has 8 heteroatoms. The molecule has 1 amide bonds. The van der Waals surface area contributed by atoms with E-state index in [4.69, 9.17) is 0 Å². The minimum atomic E-state index is -1.06. The first-order valence-corrected chi connectivity index (χ1v) is 8.03. The lowest BCUT2D eigenvalue weighted by molar-refractivity contribution is -0.153. The van der Waals surface area contributed by atoms with Gasteiger partial charge in [0, 0.05) is 57.5 Å². The van der Waals surface area contributed by atoms with Crippen molar-refractivity contribution >= 4 is 11.9 Å². The lowest BCUT2D eigenvalue weighted by Crippen LogP contribution is -2.52. The molecule has 1 fully saturated rings. The summed E-state index contributed by atoms with van der Waals surface area (Å²) in [5, 5.41) is 18.0. The molecule has 0 aliphatic carbocycles. The third kappa shape index (κ3) is 3.04. The maximum atomic E-state index is 12.4. The van der Waals surface area contributed by atoms with Gasteiger partial charge in [-0.25, -0.2) is 4.79 Å². The van der Waals surface area contributed by atoms with Crippen LogP contribution in [0.15, 0.2) is 30.7 Å². The van der Waals surface area contributed by atoms with Crippen LogP contribution in [-0.4, -0.2) is 54.5 Å². The maximum absolute atomic E-state index is 12.4. The van der Waals surface area contributed by atoms with E-state index in [-0.39, 0.29) is 5.91 Å². The fourth-order valence-corrected chi connectivity index (χ4v) is 3.15. The van der Waals surface area contributed by atoms with E-state index in [0.29, 0.717) is 38.9 Å². The Hall–Kier alpha value is -2.64. The van der Waals surface area contributed by atoms with Crippen LogP contribution in [-0.2, 0) is 21.7 Å². The minimum Gasteiger partial charge on any atom is -0.479 e. The highest BCUT2D eigenvalue weighted by molar-refractivity contribution is 5.79. The third-order valence-electron chi connectivity index (χ3n) is 4.61. The summed E-state index contributed by atoms with van der Waals surface area (Å²) in [5.41, 5.74) is -0.134. The molecule has 8 nitrogen and oxygen atoms in total. The number of amides is 1. The van der Waals surface area contributed by atoms with Crippen molar-refractivity contribution in [3.05, 3.63) is 36.4 Å². The van der Waals surface area contributed by atoms with E-state index in [0.717, 1.165) is 5.69 Å². The SMILES string of the molecule is Cc1ccn(CCC(=O)N2CCC(C(=O)O)(n3cccn3)CC2)n1. The second kappa shape index (κ2) is 6.46. The summed E-state index contributed by atoms with van der Waals surface area (Å²) in [4.78, 5) is 25.9. The van der Waals surface area contributed by atoms with Gasteiger partial charge in [-0.1, -0.05) is 0 Å². The van der Waals surface area contributed by atoms with Crippen molar-refractivity contribution in [2.75, 3.05) is 13.1 Å². The Bertz CT molecular complexity index is 714. The van der Waals surface area contributed by atoms with Crippen LogP contribution in [0.4, 0.5) is 0 Å². The molecular formula is C16H21N5O3. The number of carboxylic acid groups (broad SMARTS) is 1. The first kappa shape index (κ1) is 16.2. The molecule has 1 aliphatic heterocycles. The molecule has 0 spiro atoms. The van der Waals surface area contributed by atoms with E-state index >= 15 is 0 Å². The molecule has 0 bridgehead atoms. The van der Waals surface area contributed by atoms with Gasteiger partial charge in [-0.3, -0.25) is 14.2 Å². The molecule has 128 valence electrons. The van der Waals surface area contributed by atoms with E-state index in [1.165, 1.54) is 4.68 Å². The molecule has 3 heterocycles. The number of carbonyl (C=O) groups excluding carboxylic acids is 1. The molecule has 0 aromatic carbocycles. The largest absolute Gasteiger partial charge is 0.479 e. The number of rotatable bonds is 5. The lowest BCUT2D eigenvalue weighted by atomic mass is 9.87. The zero-order chi connectivity index (χ0) is 17.2. The van der Waals surface area contributed by atoms with Crippen molar-refractivity contribution < 1.29 is 14.7 Å². The zero-order valence-electron chi connectivity index (χ0n) is 13.6. The highest BCUT2D eigenvalue weighted by Crippen LogP contribution is 2.30. The van der Waals surface area contributed by atoms with Crippen LogP contribution in [0.3, 0.4) is 0 Å². The number of carboxylic acids is 1. The van der Waals surface area contributed by atoms with Gasteiger partial charge >= 0.3 is 5.97 Å². The highest BCUT2D eigenvalue weighted by Gasteiger charge is 2.44. The Morgan fingerprint density at radius 3 is 2.58 bits per heavy atom. The van der Waals surface area contributed by atoms with E-state index < -0.39 is 11.5 Å². The number of hydrogen-bond acceptors (Lipinski definition) is 4. The normalized spacial score (nSPS) is 17.0. The molecule has 1 N–H and O–H groups in total. The standard InChI is InChI=1S/C16H21N5O3/c1-13-3-9-20(18-13)10-4-14(22)19-11-5-16(6-12-19,15(23)24)21-8-2-7-17-21/h2-3,7-9H,4-6,10-12H2,1H3,(H,23,24). The summed E-state index contributed by atoms with van der Waals surface area (Å²) in [6, 6.07) is 3.62. The van der Waals surface area contributed by atoms with E-state index in [1.807, 2.05) is 19.2 Å². The average molecular weight is 331 g/mol. The predicted octanol–water partition coefficient (Wildman–Crippen LogP) is 0.881. The predicted molar refractivity (Wildman–Crippen MR) is 85.2 cm³/mol. The Balaban J connectivity index is 1.59. The number of aliphatic carboxylic acids is 1. The Kier molecular flexibility index (Phi) is 4.37. The monoisotopic (exact) mass is 331 g/mol. The molecular weight excluding hydrogens is 310 g/mol. The van der Waals surface area contributed by atoms with Crippen molar-refractivity contribution in [3.8, 4) is 0 Å². The van der Waals surface area contributed by atoms with Crippen molar-refractivity contribution in [2.24, 2.45) is 0 Å². The minimum absolute atomic E-state index is 0.0302. The Morgan fingerprint density at radius 2 is 2.04 bits per heavy atom. The van der Waals surface area contributed by atoms with Gasteiger partial charge in [-0.05, 0) is 19.1 Å². The number of carbonyl (C=O) groups is 2. The fraction of sp³-hybridized carbons (Fsp3) is 0.500. The summed E-state index contributed by atoms with van der Waals surface area (Å²) in [7, 11) is 0. The van der Waals surface area contributed by atoms with Gasteiger partial charge < -0.3 is 10.0 Å². The van der Waals surface area contributed by atoms with Crippen LogP contribution in [0.1, 0.15) is 25.0 Å². The summed E-state index contributed by atoms with van der Waals surface area (Å²) in [5.74, 6) is -0.868. The van der Waals surface area contributed by atoms with Gasteiger partial charge in [-0.15, -0.1) is 0 Å². The highest BCUT2D eigenvalue weighted by atomic mass is 16.4. The molecule has 0 unspecified atom stereocenters. The van der Waals surface area contributed by atoms with Gasteiger partial charge in [0.1, 0.15) is 0 Å². The third-order valence-corrected chi connectivity index (χ3v) is 4.61. The van der Waals surface area contributed by atoms with Gasteiger partial charge in [0.2, 0.25) is 5.91 Å². The lowest BCUT2D eigenvalue weighted by Gasteiger charge is -2.39. The van der Waals surface area contributed by atoms with Crippen molar-refractivity contribution in [1.29, 1.82) is 0 Å². The molecule has 2 aromatic rings. The van der Waals surface area contributed by atoms with E-state index in [1.54, 1.807) is 28.0 Å². The summed E-state index contributed by atoms with van der Waals surface area (Å²) < 4.78 is 3.26. The Labute approximate surface area is 139 Å². The van der Waals surface area contributed by atoms with E-state index in [2.05, 4.69) is 10.2 Å². The first-order chi connectivity index (χ1) is 11.5. The molecule has 2 aromatic heterocycles. The second-order valence-corrected chi connectivity index (χ2v) is 6.14. The average Bonchev–Trinajstić information content (AvgIpc) is 3.24. The molecule has 24 heavy (non-hydrogen) atoms. The number of piperidine rings is 1. The zero-order valence-corrected chi connectivity index (χ0v) is 13.6. The second-order valence-electron chi connectivity index (χ2n) is 6.14. The fourth-order valence-electron chi connectivity index (χ4n) is 3.15. The molecule has 1 saturated heterocycles. The molecule has 1 aliphatic rings. The summed E-state index contributed by atoms with van der Waals surface area (Å²) in [6.45, 7) is 3.28. The molecule has 0 saturated carbocycles. The van der Waals surface area contributed by atoms with Gasteiger partial charge in [-0.2, -0.15) is 10.2 Å². The molecule has 0 radical (unpaired) electrons. The van der Waals surface area contributed by atoms with Gasteiger partial charge in [0.25, 0.3) is 0 Å². The number of likely N-dealkylation sites (tertiary alicyclic amines) is 1. The maximum Gasteiger partial charge on any atom is 0.331 e. The van der Waals surface area contributed by atoms with Gasteiger partial charge in [0.05, 0.1) is 5.69 Å². The Morgan fingerprint density at radius 1 is 1.29 bits per heavy atom. The van der Waals surface area contributed by atoms with Crippen molar-refractivity contribution in [2.45, 2.75) is 38.3 Å². The van der Waals surface area contributed by atoms with Gasteiger partial charge in [0.15, 0.2) is 5.54 Å². The van der Waals surface area contributed by atoms with Crippen LogP contribution in [0.5, 0.6) is 0 Å². The quantitative estimate of drug-likeness (QED) is 0.878. The number of hydrogen-bond donors (Lipinski definition) is 1. The van der Waals surface area contributed by atoms with Crippen LogP contribution in [0.25, 0.3) is 0 Å². The molecule has 0 atom stereocenters. The van der Waals surface area contributed by atoms with Crippen LogP contribution in [0.2, 0.25) is 0 Å². The smallest absolute Gasteiger partial charge is 0.331 e. The molecule has 3 rings (SSSR count). The summed E-state index contributed by atoms with van der Waals surface area (Å²) in [6.07, 6.45) is 6.18. The van der Waals surface area contributed by atoms with Crippen LogP contribution in [0, 0.1) is 6.92 Å². The number of aromatic nitrogens is 4. The summed E-state index contributed by atoms with van der Waals surface area (Å²) >= 11 is 0.